The van der Waals surface area contributed by atoms with E-state index in [2.05, 4.69) is 15.6 Å². The molecule has 12 heteroatoms. The number of rotatable bonds is 12. The number of ether oxygens (including phenoxy) is 2. The summed E-state index contributed by atoms with van der Waals surface area (Å²) in [6.45, 7) is 12.8. The number of benzene rings is 4. The highest BCUT2D eigenvalue weighted by molar-refractivity contribution is 5.97. The van der Waals surface area contributed by atoms with Crippen LogP contribution in [0.4, 0.5) is 11.4 Å². The summed E-state index contributed by atoms with van der Waals surface area (Å²) in [6.07, 6.45) is 2.72. The molecule has 7 rings (SSSR count). The van der Waals surface area contributed by atoms with Crippen LogP contribution >= 0.6 is 0 Å². The second-order valence-electron chi connectivity index (χ2n) is 17.8. The van der Waals surface area contributed by atoms with E-state index in [1.807, 2.05) is 102 Å². The van der Waals surface area contributed by atoms with Crippen LogP contribution in [0.2, 0.25) is 0 Å². The molecule has 5 aromatic rings. The molecule has 12 nitrogen and oxygen atoms in total. The maximum atomic E-state index is 13.5. The molecule has 2 fully saturated rings. The second kappa shape index (κ2) is 18.2. The molecule has 318 valence electrons. The number of likely N-dealkylation sites (tertiary alicyclic amines) is 2. The number of carbonyl (C=O) groups excluding carboxylic acids is 4. The summed E-state index contributed by atoms with van der Waals surface area (Å²) in [7, 11) is 0. The van der Waals surface area contributed by atoms with E-state index >= 15 is 0 Å². The summed E-state index contributed by atoms with van der Waals surface area (Å²) in [6, 6.07) is 32.2. The van der Waals surface area contributed by atoms with Crippen molar-refractivity contribution in [2.75, 3.05) is 23.7 Å². The van der Waals surface area contributed by atoms with Gasteiger partial charge in [-0.3, -0.25) is 19.2 Å². The summed E-state index contributed by atoms with van der Waals surface area (Å²) in [5, 5.41) is 5.97. The molecule has 2 aliphatic rings. The van der Waals surface area contributed by atoms with E-state index in [4.69, 9.17) is 13.9 Å². The van der Waals surface area contributed by atoms with Gasteiger partial charge < -0.3 is 34.3 Å². The fraction of sp³-hybridized carbons (Fsp3) is 0.367. The molecule has 2 aliphatic heterocycles. The zero-order valence-corrected chi connectivity index (χ0v) is 35.7. The number of amides is 4. The maximum Gasteiger partial charge on any atom is 0.254 e. The predicted octanol–water partition coefficient (Wildman–Crippen LogP) is 8.86. The molecule has 0 aliphatic carbocycles. The fourth-order valence-electron chi connectivity index (χ4n) is 8.10. The molecule has 0 radical (unpaired) electrons. The van der Waals surface area contributed by atoms with Crippen LogP contribution in [0, 0.1) is 0 Å². The molecule has 1 aromatic heterocycles. The van der Waals surface area contributed by atoms with Gasteiger partial charge in [-0.05, 0) is 127 Å². The number of nitrogens with zero attached hydrogens (tertiary/aromatic N) is 3. The molecule has 0 bridgehead atoms. The highest BCUT2D eigenvalue weighted by atomic mass is 16.5. The SMILES string of the molecule is CC(C)(C)O[C@@H]1C[C@@H](CC(=O)Nc2ccc(-c3cnc(-c4ccc(NC(=O)C[C@@H]5C[C@@H](OC(C)(C)C)CN5C(=O)c5ccccc5)cc4)o3)cc2)N(C(=O)c2ccccc2)C1. The van der Waals surface area contributed by atoms with Crippen LogP contribution in [-0.4, -0.2) is 87.0 Å². The molecule has 0 saturated carbocycles. The first-order valence-corrected chi connectivity index (χ1v) is 20.9. The molecular weight excluding hydrogens is 771 g/mol. The third-order valence-electron chi connectivity index (χ3n) is 10.6. The first-order chi connectivity index (χ1) is 29.1. The minimum absolute atomic E-state index is 0.112. The van der Waals surface area contributed by atoms with Gasteiger partial charge >= 0.3 is 0 Å². The number of nitrogens with one attached hydrogen (secondary N) is 2. The molecule has 4 aromatic carbocycles. The third-order valence-corrected chi connectivity index (χ3v) is 10.6. The Morgan fingerprint density at radius 3 is 1.43 bits per heavy atom. The Balaban J connectivity index is 0.934. The molecule has 4 amide bonds. The van der Waals surface area contributed by atoms with Crippen molar-refractivity contribution in [3.05, 3.63) is 127 Å². The Morgan fingerprint density at radius 2 is 1.02 bits per heavy atom. The van der Waals surface area contributed by atoms with E-state index in [-0.39, 0.29) is 72.0 Å². The zero-order chi connectivity index (χ0) is 43.3. The summed E-state index contributed by atoms with van der Waals surface area (Å²) >= 11 is 0. The molecule has 61 heavy (non-hydrogen) atoms. The molecule has 0 spiro atoms. The van der Waals surface area contributed by atoms with E-state index in [9.17, 15) is 19.2 Å². The standard InChI is InChI=1S/C49H55N5O7/c1-48(2,3)60-40-25-38(53(30-40)46(57)34-13-9-7-10-14-34)27-43(55)51-36-21-17-32(18-22-36)42-29-50-45(59-42)33-19-23-37(24-20-33)52-44(56)28-39-26-41(61-49(4,5)6)31-54(39)47(58)35-15-11-8-12-16-35/h7-24,29,38-41H,25-28,30-31H2,1-6H3,(H,51,55)(H,52,56)/t38-,39-,40+,41+/m0/s1. The van der Waals surface area contributed by atoms with Gasteiger partial charge in [0, 0.05) is 71.6 Å². The zero-order valence-electron chi connectivity index (χ0n) is 35.7. The largest absolute Gasteiger partial charge is 0.436 e. The van der Waals surface area contributed by atoms with Gasteiger partial charge in [0.25, 0.3) is 11.8 Å². The van der Waals surface area contributed by atoms with Crippen LogP contribution < -0.4 is 10.6 Å². The van der Waals surface area contributed by atoms with Gasteiger partial charge in [-0.1, -0.05) is 36.4 Å². The van der Waals surface area contributed by atoms with Crippen LogP contribution in [0.3, 0.4) is 0 Å². The van der Waals surface area contributed by atoms with E-state index in [1.54, 1.807) is 64.5 Å². The van der Waals surface area contributed by atoms with Gasteiger partial charge in [-0.15, -0.1) is 0 Å². The highest BCUT2D eigenvalue weighted by Gasteiger charge is 2.40. The lowest BCUT2D eigenvalue weighted by atomic mass is 10.1. The number of hydrogen-bond donors (Lipinski definition) is 2. The third kappa shape index (κ3) is 11.4. The number of anilines is 2. The topological polar surface area (TPSA) is 143 Å². The molecular formula is C49H55N5O7. The van der Waals surface area contributed by atoms with Crippen molar-refractivity contribution < 1.29 is 33.1 Å². The van der Waals surface area contributed by atoms with Crippen molar-refractivity contribution in [3.63, 3.8) is 0 Å². The Labute approximate surface area is 357 Å². The number of hydrogen-bond acceptors (Lipinski definition) is 8. The number of aromatic nitrogens is 1. The Morgan fingerprint density at radius 1 is 0.607 bits per heavy atom. The first kappa shape index (κ1) is 43.0. The highest BCUT2D eigenvalue weighted by Crippen LogP contribution is 2.32. The van der Waals surface area contributed by atoms with Gasteiger partial charge in [0.05, 0.1) is 29.6 Å². The lowest BCUT2D eigenvalue weighted by molar-refractivity contribution is -0.117. The minimum atomic E-state index is -0.376. The quantitative estimate of drug-likeness (QED) is 0.127. The van der Waals surface area contributed by atoms with Gasteiger partial charge in [-0.2, -0.15) is 0 Å². The van der Waals surface area contributed by atoms with Gasteiger partial charge in [-0.25, -0.2) is 4.98 Å². The van der Waals surface area contributed by atoms with E-state index in [0.717, 1.165) is 11.1 Å². The minimum Gasteiger partial charge on any atom is -0.436 e. The van der Waals surface area contributed by atoms with Crippen LogP contribution in [-0.2, 0) is 19.1 Å². The number of oxazole rings is 1. The Bertz CT molecular complexity index is 2140. The van der Waals surface area contributed by atoms with Gasteiger partial charge in [0.1, 0.15) is 0 Å². The normalized spacial score (nSPS) is 19.2. The molecule has 4 atom stereocenters. The molecule has 0 unspecified atom stereocenters. The summed E-state index contributed by atoms with van der Waals surface area (Å²) in [5.41, 5.74) is 3.15. The van der Waals surface area contributed by atoms with Gasteiger partial charge in [0.15, 0.2) is 5.76 Å². The van der Waals surface area contributed by atoms with E-state index < -0.39 is 0 Å². The van der Waals surface area contributed by atoms with E-state index in [1.165, 1.54) is 0 Å². The maximum absolute atomic E-state index is 13.5. The van der Waals surface area contributed by atoms with Crippen molar-refractivity contribution in [3.8, 4) is 22.8 Å². The summed E-state index contributed by atoms with van der Waals surface area (Å²) < 4.78 is 18.6. The lowest BCUT2D eigenvalue weighted by Crippen LogP contribution is -2.38. The molecule has 2 saturated heterocycles. The predicted molar refractivity (Wildman–Crippen MR) is 235 cm³/mol. The smallest absolute Gasteiger partial charge is 0.254 e. The molecule has 3 heterocycles. The van der Waals surface area contributed by atoms with Crippen molar-refractivity contribution in [1.29, 1.82) is 0 Å². The van der Waals surface area contributed by atoms with Crippen molar-refractivity contribution in [2.45, 2.75) is 103 Å². The summed E-state index contributed by atoms with van der Waals surface area (Å²) in [5.74, 6) is 0.346. The molecule has 2 N–H and O–H groups in total. The fourth-order valence-corrected chi connectivity index (χ4v) is 8.10. The average molecular weight is 826 g/mol. The average Bonchev–Trinajstić information content (AvgIpc) is 3.96. The van der Waals surface area contributed by atoms with Crippen LogP contribution in [0.5, 0.6) is 0 Å². The summed E-state index contributed by atoms with van der Waals surface area (Å²) in [4.78, 5) is 61.6. The van der Waals surface area contributed by atoms with Crippen molar-refractivity contribution in [1.82, 2.24) is 14.8 Å². The second-order valence-corrected chi connectivity index (χ2v) is 17.8. The van der Waals surface area contributed by atoms with E-state index in [0.29, 0.717) is 60.1 Å². The van der Waals surface area contributed by atoms with Crippen LogP contribution in [0.1, 0.15) is 87.9 Å². The Hall–Kier alpha value is -6.11. The van der Waals surface area contributed by atoms with Crippen LogP contribution in [0.25, 0.3) is 22.8 Å². The first-order valence-electron chi connectivity index (χ1n) is 20.9. The monoisotopic (exact) mass is 825 g/mol. The Kier molecular flexibility index (Phi) is 12.9. The number of carbonyl (C=O) groups is 4. The van der Waals surface area contributed by atoms with Gasteiger partial charge in [0.2, 0.25) is 17.7 Å². The van der Waals surface area contributed by atoms with Crippen molar-refractivity contribution >= 4 is 35.0 Å². The van der Waals surface area contributed by atoms with Crippen LogP contribution in [0.15, 0.2) is 120 Å². The lowest BCUT2D eigenvalue weighted by Gasteiger charge is -2.25. The van der Waals surface area contributed by atoms with Crippen molar-refractivity contribution in [2.24, 2.45) is 0 Å².